The van der Waals surface area contributed by atoms with E-state index in [9.17, 15) is 4.79 Å². The van der Waals surface area contributed by atoms with Crippen LogP contribution in [0.5, 0.6) is 5.75 Å². The Morgan fingerprint density at radius 2 is 1.93 bits per heavy atom. The Hall–Kier alpha value is -2.64. The molecule has 1 amide bonds. The van der Waals surface area contributed by atoms with Crippen molar-refractivity contribution in [1.29, 1.82) is 0 Å². The lowest BCUT2D eigenvalue weighted by Gasteiger charge is -2.33. The molecule has 0 spiro atoms. The van der Waals surface area contributed by atoms with E-state index in [2.05, 4.69) is 10.3 Å². The molecule has 2 heterocycles. The van der Waals surface area contributed by atoms with Crippen molar-refractivity contribution in [2.24, 2.45) is 7.05 Å². The Balaban J connectivity index is 1.45. The summed E-state index contributed by atoms with van der Waals surface area (Å²) in [7, 11) is 3.59. The number of pyridine rings is 1. The Kier molecular flexibility index (Phi) is 6.20. The molecule has 0 saturated heterocycles. The minimum absolute atomic E-state index is 0.107. The third-order valence-corrected chi connectivity index (χ3v) is 6.31. The zero-order valence-electron chi connectivity index (χ0n) is 18.1. The van der Waals surface area contributed by atoms with Gasteiger partial charge >= 0.3 is 6.09 Å². The van der Waals surface area contributed by atoms with E-state index in [0.29, 0.717) is 17.4 Å². The molecule has 2 aromatic rings. The van der Waals surface area contributed by atoms with Gasteiger partial charge in [0.1, 0.15) is 23.7 Å². The minimum Gasteiger partial charge on any atom is -0.489 e. The van der Waals surface area contributed by atoms with Gasteiger partial charge in [0.15, 0.2) is 0 Å². The fourth-order valence-corrected chi connectivity index (χ4v) is 4.06. The zero-order chi connectivity index (χ0) is 21.1. The Morgan fingerprint density at radius 3 is 2.60 bits per heavy atom. The molecule has 0 aromatic carbocycles. The van der Waals surface area contributed by atoms with Crippen LogP contribution in [0.1, 0.15) is 62.8 Å². The molecule has 8 heteroatoms. The van der Waals surface area contributed by atoms with Gasteiger partial charge in [-0.05, 0) is 64.0 Å². The Labute approximate surface area is 177 Å². The van der Waals surface area contributed by atoms with Gasteiger partial charge in [0.2, 0.25) is 0 Å². The molecule has 0 bridgehead atoms. The van der Waals surface area contributed by atoms with Crippen LogP contribution in [-0.2, 0) is 18.4 Å². The van der Waals surface area contributed by atoms with Crippen molar-refractivity contribution in [3.05, 3.63) is 23.5 Å². The summed E-state index contributed by atoms with van der Waals surface area (Å²) in [5, 5.41) is 8.38. The maximum Gasteiger partial charge on any atom is 0.410 e. The molecule has 2 aliphatic carbocycles. The van der Waals surface area contributed by atoms with Gasteiger partial charge in [0.05, 0.1) is 17.5 Å². The highest BCUT2D eigenvalue weighted by atomic mass is 16.6. The van der Waals surface area contributed by atoms with Crippen molar-refractivity contribution >= 4 is 6.09 Å². The van der Waals surface area contributed by atoms with Gasteiger partial charge in [0.25, 0.3) is 0 Å². The average Bonchev–Trinajstić information content (AvgIpc) is 3.07. The fraction of sp³-hybridized carbons (Fsp3) is 0.636. The van der Waals surface area contributed by atoms with Gasteiger partial charge in [-0.15, -0.1) is 5.10 Å². The maximum atomic E-state index is 12.3. The lowest BCUT2D eigenvalue weighted by molar-refractivity contribution is 0.0734. The third kappa shape index (κ3) is 4.42. The molecule has 0 N–H and O–H groups in total. The van der Waals surface area contributed by atoms with E-state index in [1.165, 1.54) is 25.7 Å². The van der Waals surface area contributed by atoms with E-state index >= 15 is 0 Å². The number of rotatable bonds is 6. The highest BCUT2D eigenvalue weighted by Gasteiger charge is 2.27. The summed E-state index contributed by atoms with van der Waals surface area (Å²) in [5.74, 6) is 0.824. The van der Waals surface area contributed by atoms with Crippen molar-refractivity contribution < 1.29 is 14.3 Å². The Morgan fingerprint density at radius 1 is 1.17 bits per heavy atom. The van der Waals surface area contributed by atoms with E-state index < -0.39 is 0 Å². The number of nitrogens with zero attached hydrogens (tertiary/aromatic N) is 5. The number of ether oxygens (including phenoxy) is 2. The number of carbonyl (C=O) groups is 1. The number of amides is 1. The highest BCUT2D eigenvalue weighted by molar-refractivity contribution is 5.68. The topological polar surface area (TPSA) is 82.4 Å². The number of carbonyl (C=O) groups excluding carboxylic acids is 1. The summed E-state index contributed by atoms with van der Waals surface area (Å²) in [6, 6.07) is 4.16. The van der Waals surface area contributed by atoms with E-state index in [1.807, 2.05) is 19.1 Å². The molecule has 0 radical (unpaired) electrons. The molecular formula is C22H31N5O3. The van der Waals surface area contributed by atoms with Gasteiger partial charge in [-0.1, -0.05) is 11.6 Å². The molecule has 162 valence electrons. The smallest absolute Gasteiger partial charge is 0.410 e. The zero-order valence-corrected chi connectivity index (χ0v) is 18.1. The predicted octanol–water partition coefficient (Wildman–Crippen LogP) is 4.02. The van der Waals surface area contributed by atoms with Crippen LogP contribution in [0.2, 0.25) is 0 Å². The molecule has 30 heavy (non-hydrogen) atoms. The minimum atomic E-state index is -0.313. The second kappa shape index (κ2) is 9.02. The van der Waals surface area contributed by atoms with Crippen LogP contribution in [0.3, 0.4) is 0 Å². The van der Waals surface area contributed by atoms with E-state index in [4.69, 9.17) is 14.5 Å². The summed E-state index contributed by atoms with van der Waals surface area (Å²) in [5.41, 5.74) is 2.88. The molecule has 2 fully saturated rings. The first-order chi connectivity index (χ1) is 14.5. The largest absolute Gasteiger partial charge is 0.489 e. The van der Waals surface area contributed by atoms with Gasteiger partial charge in [-0.2, -0.15) is 0 Å². The van der Waals surface area contributed by atoms with Crippen LogP contribution < -0.4 is 4.74 Å². The molecule has 0 unspecified atom stereocenters. The van der Waals surface area contributed by atoms with E-state index in [0.717, 1.165) is 42.8 Å². The van der Waals surface area contributed by atoms with Crippen LogP contribution in [0.15, 0.2) is 12.1 Å². The Bertz CT molecular complexity index is 887. The summed E-state index contributed by atoms with van der Waals surface area (Å²) in [6.07, 6.45) is 9.20. The normalized spacial score (nSPS) is 17.4. The quantitative estimate of drug-likeness (QED) is 0.711. The van der Waals surface area contributed by atoms with Gasteiger partial charge in [0, 0.05) is 20.1 Å². The van der Waals surface area contributed by atoms with Gasteiger partial charge in [-0.3, -0.25) is 0 Å². The van der Waals surface area contributed by atoms with Crippen molar-refractivity contribution in [1.82, 2.24) is 24.9 Å². The molecule has 0 aliphatic heterocycles. The van der Waals surface area contributed by atoms with Gasteiger partial charge in [-0.25, -0.2) is 14.5 Å². The van der Waals surface area contributed by atoms with Crippen LogP contribution in [0, 0.1) is 6.92 Å². The van der Waals surface area contributed by atoms with E-state index in [-0.39, 0.29) is 18.8 Å². The van der Waals surface area contributed by atoms with Crippen LogP contribution in [-0.4, -0.2) is 50.2 Å². The first-order valence-electron chi connectivity index (χ1n) is 11.0. The lowest BCUT2D eigenvalue weighted by Crippen LogP contribution is -2.41. The molecular weight excluding hydrogens is 382 g/mol. The monoisotopic (exact) mass is 413 g/mol. The van der Waals surface area contributed by atoms with Crippen LogP contribution in [0.4, 0.5) is 4.79 Å². The molecule has 2 aromatic heterocycles. The SMILES string of the molecule is Cc1nc(-c2nnn(C)c2COC(=O)N(C)C2CCC2)ccc1OC1CCCCC1. The highest BCUT2D eigenvalue weighted by Crippen LogP contribution is 2.28. The molecule has 2 aliphatic rings. The second-order valence-corrected chi connectivity index (χ2v) is 8.42. The van der Waals surface area contributed by atoms with Gasteiger partial charge < -0.3 is 14.4 Å². The van der Waals surface area contributed by atoms with E-state index in [1.54, 1.807) is 23.7 Å². The molecule has 2 saturated carbocycles. The first-order valence-corrected chi connectivity index (χ1v) is 11.0. The average molecular weight is 414 g/mol. The second-order valence-electron chi connectivity index (χ2n) is 8.42. The van der Waals surface area contributed by atoms with Crippen LogP contribution in [0.25, 0.3) is 11.4 Å². The summed E-state index contributed by atoms with van der Waals surface area (Å²) >= 11 is 0. The number of aromatic nitrogens is 4. The number of hydrogen-bond acceptors (Lipinski definition) is 6. The molecule has 0 atom stereocenters. The fourth-order valence-electron chi connectivity index (χ4n) is 4.06. The van der Waals surface area contributed by atoms with Crippen molar-refractivity contribution in [2.45, 2.75) is 77.0 Å². The number of aryl methyl sites for hydroxylation is 2. The summed E-state index contributed by atoms with van der Waals surface area (Å²) in [4.78, 5) is 18.7. The molecule has 4 rings (SSSR count). The lowest BCUT2D eigenvalue weighted by atomic mass is 9.92. The number of hydrogen-bond donors (Lipinski definition) is 0. The van der Waals surface area contributed by atoms with Crippen LogP contribution >= 0.6 is 0 Å². The standard InChI is InChI=1S/C22H31N5O3/c1-15-20(30-17-10-5-4-6-11-17)13-12-18(23-15)21-19(27(3)25-24-21)14-29-22(28)26(2)16-8-7-9-16/h12-13,16-17H,4-11,14H2,1-3H3. The first kappa shape index (κ1) is 20.6. The van der Waals surface area contributed by atoms with Crippen molar-refractivity contribution in [3.63, 3.8) is 0 Å². The third-order valence-electron chi connectivity index (χ3n) is 6.31. The maximum absolute atomic E-state index is 12.3. The van der Waals surface area contributed by atoms with Crippen molar-refractivity contribution in [2.75, 3.05) is 7.05 Å². The van der Waals surface area contributed by atoms with Crippen molar-refractivity contribution in [3.8, 4) is 17.1 Å². The summed E-state index contributed by atoms with van der Waals surface area (Å²) < 4.78 is 13.3. The summed E-state index contributed by atoms with van der Waals surface area (Å²) in [6.45, 7) is 2.06. The molecule has 8 nitrogen and oxygen atoms in total. The predicted molar refractivity (Wildman–Crippen MR) is 112 cm³/mol.